The monoisotopic (exact) mass is 247 g/mol. The Labute approximate surface area is 98.0 Å². The number of furan rings is 1. The van der Waals surface area contributed by atoms with Gasteiger partial charge in [0.2, 0.25) is 0 Å². The fraction of sp³-hybridized carbons (Fsp3) is 0.600. The van der Waals surface area contributed by atoms with Crippen LogP contribution >= 0.6 is 0 Å². The van der Waals surface area contributed by atoms with Gasteiger partial charge in [0, 0.05) is 0 Å². The van der Waals surface area contributed by atoms with Gasteiger partial charge in [-0.05, 0) is 12.1 Å². The fourth-order valence-electron chi connectivity index (χ4n) is 1.34. The molecule has 98 valence electrons. The first-order valence-electron chi connectivity index (χ1n) is 5.11. The highest BCUT2D eigenvalue weighted by atomic mass is 16.6. The number of nitrogens with two attached hydrogens (primary N) is 1. The van der Waals surface area contributed by atoms with Crippen molar-refractivity contribution in [1.82, 2.24) is 0 Å². The quantitative estimate of drug-likeness (QED) is 0.389. The molecule has 0 saturated carbocycles. The molecule has 0 bridgehead atoms. The van der Waals surface area contributed by atoms with Gasteiger partial charge < -0.3 is 35.3 Å². The minimum absolute atomic E-state index is 0.470. The lowest BCUT2D eigenvalue weighted by Crippen LogP contribution is -2.61. The van der Waals surface area contributed by atoms with E-state index >= 15 is 0 Å². The van der Waals surface area contributed by atoms with E-state index in [4.69, 9.17) is 20.7 Å². The summed E-state index contributed by atoms with van der Waals surface area (Å²) in [5, 5.41) is 36.1. The molecule has 2 rings (SSSR count). The summed E-state index contributed by atoms with van der Waals surface area (Å²) in [6.07, 6.45) is -1.60. The molecule has 1 saturated heterocycles. The zero-order valence-corrected chi connectivity index (χ0v) is 9.09. The maximum Gasteiger partial charge on any atom is 0.173 e. The molecule has 0 aromatic carbocycles. The molecule has 0 spiro atoms. The molecule has 0 aliphatic carbocycles. The smallest absolute Gasteiger partial charge is 0.173 e. The van der Waals surface area contributed by atoms with Gasteiger partial charge in [-0.3, -0.25) is 0 Å². The maximum absolute atomic E-state index is 9.20. The largest absolute Gasteiger partial charge is 0.473 e. The number of rotatable bonds is 1. The van der Waals surface area contributed by atoms with E-state index in [9.17, 15) is 10.2 Å². The van der Waals surface area contributed by atoms with Crippen molar-refractivity contribution in [2.45, 2.75) is 30.6 Å². The standard InChI is InChI=1S/C6H13NO5.C4H4O/c7-3-5(10)4(9)2(1-8)12-6(3)11;1-2-4-5-3-1/h2-6,8-11H,1,7H2;1-4H/t2-,3-,4-,5-,6?;/m1./s1. The SMILES string of the molecule is N[C@H]1C(O)O[C@H](CO)[C@@H](O)[C@@H]1O.c1ccoc1. The number of hydrogen-bond donors (Lipinski definition) is 5. The van der Waals surface area contributed by atoms with Gasteiger partial charge in [-0.15, -0.1) is 0 Å². The van der Waals surface area contributed by atoms with Gasteiger partial charge in [0.1, 0.15) is 18.3 Å². The minimum Gasteiger partial charge on any atom is -0.473 e. The first-order chi connectivity index (χ1) is 8.07. The second-order valence-electron chi connectivity index (χ2n) is 3.60. The van der Waals surface area contributed by atoms with E-state index in [2.05, 4.69) is 4.42 Å². The van der Waals surface area contributed by atoms with Crippen LogP contribution in [-0.2, 0) is 4.74 Å². The van der Waals surface area contributed by atoms with E-state index in [0.717, 1.165) is 0 Å². The summed E-state index contributed by atoms with van der Waals surface area (Å²) in [5.41, 5.74) is 5.26. The fourth-order valence-corrected chi connectivity index (χ4v) is 1.34. The molecule has 1 unspecified atom stereocenters. The van der Waals surface area contributed by atoms with Crippen LogP contribution in [0.3, 0.4) is 0 Å². The lowest BCUT2D eigenvalue weighted by atomic mass is 9.98. The van der Waals surface area contributed by atoms with E-state index in [0.29, 0.717) is 0 Å². The first-order valence-corrected chi connectivity index (χ1v) is 5.11. The Balaban J connectivity index is 0.000000239. The van der Waals surface area contributed by atoms with Crippen molar-refractivity contribution in [3.63, 3.8) is 0 Å². The average Bonchev–Trinajstić information content (AvgIpc) is 2.90. The molecule has 1 fully saturated rings. The predicted molar refractivity (Wildman–Crippen MR) is 56.7 cm³/mol. The van der Waals surface area contributed by atoms with Crippen LogP contribution in [0.25, 0.3) is 0 Å². The molecule has 7 nitrogen and oxygen atoms in total. The van der Waals surface area contributed by atoms with E-state index in [1.165, 1.54) is 0 Å². The molecule has 1 aliphatic rings. The molecule has 1 aliphatic heterocycles. The minimum atomic E-state index is -1.35. The van der Waals surface area contributed by atoms with Crippen molar-refractivity contribution in [3.05, 3.63) is 24.7 Å². The number of aliphatic hydroxyl groups is 4. The van der Waals surface area contributed by atoms with Crippen LogP contribution in [0.1, 0.15) is 0 Å². The van der Waals surface area contributed by atoms with E-state index in [1.54, 1.807) is 12.5 Å². The molecule has 6 N–H and O–H groups in total. The van der Waals surface area contributed by atoms with Crippen molar-refractivity contribution in [2.24, 2.45) is 5.73 Å². The summed E-state index contributed by atoms with van der Waals surface area (Å²) in [4.78, 5) is 0. The first kappa shape index (κ1) is 14.1. The van der Waals surface area contributed by atoms with Crippen LogP contribution in [0.15, 0.2) is 29.1 Å². The van der Waals surface area contributed by atoms with Crippen LogP contribution in [0.5, 0.6) is 0 Å². The molecule has 5 atom stereocenters. The van der Waals surface area contributed by atoms with Gasteiger partial charge in [-0.25, -0.2) is 0 Å². The molecular weight excluding hydrogens is 230 g/mol. The number of aliphatic hydroxyl groups excluding tert-OH is 4. The zero-order chi connectivity index (χ0) is 12.8. The Bertz CT molecular complexity index is 271. The summed E-state index contributed by atoms with van der Waals surface area (Å²) in [6, 6.07) is 2.63. The molecule has 0 radical (unpaired) electrons. The normalized spacial score (nSPS) is 37.1. The predicted octanol–water partition coefficient (Wildman–Crippen LogP) is -1.98. The van der Waals surface area contributed by atoms with Gasteiger partial charge >= 0.3 is 0 Å². The van der Waals surface area contributed by atoms with Gasteiger partial charge in [0.05, 0.1) is 25.2 Å². The summed E-state index contributed by atoms with van der Waals surface area (Å²) in [5.74, 6) is 0. The van der Waals surface area contributed by atoms with Crippen molar-refractivity contribution in [3.8, 4) is 0 Å². The molecular formula is C10H17NO6. The van der Waals surface area contributed by atoms with Crippen LogP contribution in [-0.4, -0.2) is 57.7 Å². The summed E-state index contributed by atoms with van der Waals surface area (Å²) in [6.45, 7) is -0.470. The van der Waals surface area contributed by atoms with Gasteiger partial charge in [-0.1, -0.05) is 0 Å². The van der Waals surface area contributed by atoms with Crippen molar-refractivity contribution in [1.29, 1.82) is 0 Å². The van der Waals surface area contributed by atoms with Gasteiger partial charge in [-0.2, -0.15) is 0 Å². The van der Waals surface area contributed by atoms with Crippen LogP contribution in [0.4, 0.5) is 0 Å². The van der Waals surface area contributed by atoms with Crippen LogP contribution in [0, 0.1) is 0 Å². The van der Waals surface area contributed by atoms with Gasteiger partial charge in [0.15, 0.2) is 6.29 Å². The van der Waals surface area contributed by atoms with E-state index in [1.807, 2.05) is 12.1 Å². The van der Waals surface area contributed by atoms with Crippen molar-refractivity contribution >= 4 is 0 Å². The van der Waals surface area contributed by atoms with E-state index in [-0.39, 0.29) is 0 Å². The summed E-state index contributed by atoms with van der Waals surface area (Å²) < 4.78 is 9.28. The average molecular weight is 247 g/mol. The molecule has 17 heavy (non-hydrogen) atoms. The Morgan fingerprint density at radius 2 is 1.65 bits per heavy atom. The van der Waals surface area contributed by atoms with Gasteiger partial charge in [0.25, 0.3) is 0 Å². The highest BCUT2D eigenvalue weighted by molar-refractivity contribution is 4.90. The summed E-state index contributed by atoms with van der Waals surface area (Å²) in [7, 11) is 0. The highest BCUT2D eigenvalue weighted by Crippen LogP contribution is 2.17. The molecule has 1 aromatic heterocycles. The van der Waals surface area contributed by atoms with Crippen molar-refractivity contribution in [2.75, 3.05) is 6.61 Å². The third-order valence-electron chi connectivity index (χ3n) is 2.37. The Kier molecular flexibility index (Phi) is 5.56. The Morgan fingerprint density at radius 3 is 2.06 bits per heavy atom. The van der Waals surface area contributed by atoms with E-state index < -0.39 is 37.3 Å². The number of hydrogen-bond acceptors (Lipinski definition) is 7. The lowest BCUT2D eigenvalue weighted by Gasteiger charge is -2.38. The topological polar surface area (TPSA) is 129 Å². The maximum atomic E-state index is 9.20. The second-order valence-corrected chi connectivity index (χ2v) is 3.60. The molecule has 2 heterocycles. The lowest BCUT2D eigenvalue weighted by molar-refractivity contribution is -0.248. The second kappa shape index (κ2) is 6.70. The Morgan fingerprint density at radius 1 is 1.06 bits per heavy atom. The van der Waals surface area contributed by atoms with Crippen LogP contribution in [0.2, 0.25) is 0 Å². The van der Waals surface area contributed by atoms with Crippen molar-refractivity contribution < 1.29 is 29.6 Å². The number of ether oxygens (including phenoxy) is 1. The third-order valence-corrected chi connectivity index (χ3v) is 2.37. The zero-order valence-electron chi connectivity index (χ0n) is 9.09. The summed E-state index contributed by atoms with van der Waals surface area (Å²) >= 11 is 0. The molecule has 7 heteroatoms. The van der Waals surface area contributed by atoms with Crippen LogP contribution < -0.4 is 5.73 Å². The molecule has 1 aromatic rings. The molecule has 0 amide bonds. The third kappa shape index (κ3) is 3.77. The Hall–Kier alpha value is -0.960. The highest BCUT2D eigenvalue weighted by Gasteiger charge is 2.41.